The molecule has 0 spiro atoms. The van der Waals surface area contributed by atoms with Crippen molar-refractivity contribution in [2.24, 2.45) is 10.9 Å². The van der Waals surface area contributed by atoms with E-state index in [4.69, 9.17) is 4.99 Å². The monoisotopic (exact) mass is 395 g/mol. The van der Waals surface area contributed by atoms with Gasteiger partial charge in [0.15, 0.2) is 5.17 Å². The first-order valence-corrected chi connectivity index (χ1v) is 10.1. The van der Waals surface area contributed by atoms with Gasteiger partial charge in [-0.15, -0.1) is 0 Å². The van der Waals surface area contributed by atoms with Crippen LogP contribution in [0.25, 0.3) is 0 Å². The van der Waals surface area contributed by atoms with Gasteiger partial charge in [0.25, 0.3) is 5.91 Å². The topological polar surface area (TPSA) is 95.5 Å². The smallest absolute Gasteiger partial charge is 0.257 e. The molecule has 1 aromatic heterocycles. The van der Waals surface area contributed by atoms with Crippen LogP contribution in [0, 0.1) is 5.92 Å². The number of hydrogen-bond donors (Lipinski definition) is 3. The third-order valence-electron chi connectivity index (χ3n) is 4.96. The molecule has 8 heteroatoms. The summed E-state index contributed by atoms with van der Waals surface area (Å²) >= 11 is 1.55. The molecule has 3 N–H and O–H groups in total. The van der Waals surface area contributed by atoms with E-state index in [0.717, 1.165) is 18.0 Å². The number of hydrogen-bond acceptors (Lipinski definition) is 6. The number of pyridine rings is 1. The van der Waals surface area contributed by atoms with E-state index in [0.29, 0.717) is 23.0 Å². The summed E-state index contributed by atoms with van der Waals surface area (Å²) in [4.78, 5) is 33.4. The number of nitrogens with zero attached hydrogens (tertiary/aromatic N) is 2. The van der Waals surface area contributed by atoms with Crippen molar-refractivity contribution >= 4 is 34.4 Å². The summed E-state index contributed by atoms with van der Waals surface area (Å²) in [6.45, 7) is 2.95. The molecular formula is C20H21N5O2S. The molecule has 2 aliphatic heterocycles. The SMILES string of the molecule is CC(=O)Nc1ccnc([C@]23CNC[C@H]2CSC(NC(=O)c2ccccc2)=N3)c1. The van der Waals surface area contributed by atoms with Crippen molar-refractivity contribution in [2.45, 2.75) is 12.5 Å². The zero-order valence-electron chi connectivity index (χ0n) is 15.4. The number of amidine groups is 1. The number of aromatic nitrogens is 1. The predicted octanol–water partition coefficient (Wildman–Crippen LogP) is 1.99. The molecule has 0 radical (unpaired) electrons. The van der Waals surface area contributed by atoms with Crippen LogP contribution in [0.1, 0.15) is 23.0 Å². The quantitative estimate of drug-likeness (QED) is 0.739. The fourth-order valence-corrected chi connectivity index (χ4v) is 4.74. The first kappa shape index (κ1) is 18.6. The number of benzene rings is 1. The van der Waals surface area contributed by atoms with Gasteiger partial charge in [-0.1, -0.05) is 30.0 Å². The van der Waals surface area contributed by atoms with Gasteiger partial charge in [-0.25, -0.2) is 4.99 Å². The number of carbonyl (C=O) groups excluding carboxylic acids is 2. The fourth-order valence-electron chi connectivity index (χ4n) is 3.60. The molecule has 2 aromatic rings. The van der Waals surface area contributed by atoms with Gasteiger partial charge in [-0.05, 0) is 24.3 Å². The van der Waals surface area contributed by atoms with Crippen molar-refractivity contribution in [1.82, 2.24) is 15.6 Å². The van der Waals surface area contributed by atoms with E-state index in [2.05, 4.69) is 20.9 Å². The van der Waals surface area contributed by atoms with Gasteiger partial charge >= 0.3 is 0 Å². The molecule has 0 bridgehead atoms. The number of aliphatic imine (C=N–C) groups is 1. The number of carbonyl (C=O) groups is 2. The molecule has 4 rings (SSSR count). The third-order valence-corrected chi connectivity index (χ3v) is 6.00. The maximum Gasteiger partial charge on any atom is 0.257 e. The molecule has 1 saturated heterocycles. The Hall–Kier alpha value is -2.71. The summed E-state index contributed by atoms with van der Waals surface area (Å²) < 4.78 is 0. The highest BCUT2D eigenvalue weighted by Gasteiger charge is 2.48. The van der Waals surface area contributed by atoms with Crippen molar-refractivity contribution in [3.8, 4) is 0 Å². The van der Waals surface area contributed by atoms with Gasteiger partial charge in [0.2, 0.25) is 5.91 Å². The van der Waals surface area contributed by atoms with Crippen LogP contribution in [-0.4, -0.2) is 40.8 Å². The Labute approximate surface area is 167 Å². The van der Waals surface area contributed by atoms with E-state index in [-0.39, 0.29) is 17.7 Å². The molecule has 0 unspecified atom stereocenters. The van der Waals surface area contributed by atoms with Crippen LogP contribution in [0.4, 0.5) is 5.69 Å². The minimum Gasteiger partial charge on any atom is -0.326 e. The largest absolute Gasteiger partial charge is 0.326 e. The van der Waals surface area contributed by atoms with Gasteiger partial charge in [-0.3, -0.25) is 14.6 Å². The molecule has 0 saturated carbocycles. The Morgan fingerprint density at radius 3 is 2.82 bits per heavy atom. The van der Waals surface area contributed by atoms with Crippen molar-refractivity contribution in [1.29, 1.82) is 0 Å². The Balaban J connectivity index is 1.65. The summed E-state index contributed by atoms with van der Waals surface area (Å²) in [7, 11) is 0. The summed E-state index contributed by atoms with van der Waals surface area (Å²) in [6, 6.07) is 12.7. The number of thioether (sulfide) groups is 1. The first-order chi connectivity index (χ1) is 13.6. The highest BCUT2D eigenvalue weighted by Crippen LogP contribution is 2.42. The first-order valence-electron chi connectivity index (χ1n) is 9.11. The zero-order chi connectivity index (χ0) is 19.6. The summed E-state index contributed by atoms with van der Waals surface area (Å²) in [5.74, 6) is 0.781. The molecule has 144 valence electrons. The third kappa shape index (κ3) is 3.65. The van der Waals surface area contributed by atoms with Gasteiger partial charge in [-0.2, -0.15) is 0 Å². The van der Waals surface area contributed by atoms with Crippen molar-refractivity contribution < 1.29 is 9.59 Å². The molecule has 1 aromatic carbocycles. The van der Waals surface area contributed by atoms with Crippen LogP contribution in [0.2, 0.25) is 0 Å². The average molecular weight is 395 g/mol. The Morgan fingerprint density at radius 2 is 2.04 bits per heavy atom. The summed E-state index contributed by atoms with van der Waals surface area (Å²) in [5, 5.41) is 9.75. The molecule has 1 fully saturated rings. The number of amides is 2. The normalized spacial score (nSPS) is 23.5. The minimum absolute atomic E-state index is 0.130. The highest BCUT2D eigenvalue weighted by molar-refractivity contribution is 8.13. The van der Waals surface area contributed by atoms with Gasteiger partial charge in [0, 0.05) is 49.1 Å². The molecule has 2 atom stereocenters. The molecule has 28 heavy (non-hydrogen) atoms. The van der Waals surface area contributed by atoms with Crippen LogP contribution in [0.3, 0.4) is 0 Å². The van der Waals surface area contributed by atoms with Crippen LogP contribution < -0.4 is 16.0 Å². The van der Waals surface area contributed by atoms with Gasteiger partial charge < -0.3 is 16.0 Å². The fraction of sp³-hybridized carbons (Fsp3) is 0.300. The van der Waals surface area contributed by atoms with E-state index in [1.165, 1.54) is 6.92 Å². The van der Waals surface area contributed by atoms with Gasteiger partial charge in [0.1, 0.15) is 5.54 Å². The number of fused-ring (bicyclic) bond motifs is 1. The van der Waals surface area contributed by atoms with Crippen LogP contribution in [0.5, 0.6) is 0 Å². The van der Waals surface area contributed by atoms with Crippen molar-refractivity contribution in [3.05, 3.63) is 59.9 Å². The second-order valence-electron chi connectivity index (χ2n) is 6.91. The second-order valence-corrected chi connectivity index (χ2v) is 7.92. The van der Waals surface area contributed by atoms with E-state index < -0.39 is 5.54 Å². The zero-order valence-corrected chi connectivity index (χ0v) is 16.3. The van der Waals surface area contributed by atoms with E-state index in [1.54, 1.807) is 36.2 Å². The maximum atomic E-state index is 12.5. The Kier molecular flexibility index (Phi) is 5.15. The molecule has 2 amide bonds. The van der Waals surface area contributed by atoms with Crippen LogP contribution in [0.15, 0.2) is 53.7 Å². The Bertz CT molecular complexity index is 933. The molecule has 0 aliphatic carbocycles. The minimum atomic E-state index is -0.557. The second kappa shape index (κ2) is 7.73. The Morgan fingerprint density at radius 1 is 1.21 bits per heavy atom. The predicted molar refractivity (Wildman–Crippen MR) is 110 cm³/mol. The van der Waals surface area contributed by atoms with E-state index in [1.807, 2.05) is 24.3 Å². The number of rotatable bonds is 3. The van der Waals surface area contributed by atoms with Crippen molar-refractivity contribution in [3.63, 3.8) is 0 Å². The van der Waals surface area contributed by atoms with Crippen LogP contribution in [-0.2, 0) is 10.3 Å². The lowest BCUT2D eigenvalue weighted by atomic mass is 9.85. The average Bonchev–Trinajstić information content (AvgIpc) is 3.13. The lowest BCUT2D eigenvalue weighted by molar-refractivity contribution is -0.114. The maximum absolute atomic E-state index is 12.5. The molecule has 7 nitrogen and oxygen atoms in total. The van der Waals surface area contributed by atoms with Gasteiger partial charge in [0.05, 0.1) is 5.69 Å². The lowest BCUT2D eigenvalue weighted by Crippen LogP contribution is -2.43. The highest BCUT2D eigenvalue weighted by atomic mass is 32.2. The van der Waals surface area contributed by atoms with E-state index >= 15 is 0 Å². The molecule has 2 aliphatic rings. The summed E-state index contributed by atoms with van der Waals surface area (Å²) in [6.07, 6.45) is 1.68. The summed E-state index contributed by atoms with van der Waals surface area (Å²) in [5.41, 5.74) is 1.53. The van der Waals surface area contributed by atoms with Crippen molar-refractivity contribution in [2.75, 3.05) is 24.2 Å². The molecule has 3 heterocycles. The lowest BCUT2D eigenvalue weighted by Gasteiger charge is -2.34. The van der Waals surface area contributed by atoms with Crippen LogP contribution >= 0.6 is 11.8 Å². The standard InChI is InChI=1S/C20H21N5O2S/c1-13(26)23-16-7-8-22-17(9-16)20-12-21-10-15(20)11-28-19(25-20)24-18(27)14-5-3-2-4-6-14/h2-9,15,21H,10-12H2,1H3,(H,22,23,26)(H,24,25,27)/t15-,20-/m0/s1. The number of nitrogens with one attached hydrogen (secondary N) is 3. The molecular weight excluding hydrogens is 374 g/mol. The van der Waals surface area contributed by atoms with E-state index in [9.17, 15) is 9.59 Å². The number of anilines is 1.